The maximum atomic E-state index is 12.7. The number of nitrogens with one attached hydrogen (secondary N) is 1. The highest BCUT2D eigenvalue weighted by Gasteiger charge is 2.30. The third-order valence-corrected chi connectivity index (χ3v) is 5.31. The molecule has 0 bridgehead atoms. The van der Waals surface area contributed by atoms with E-state index in [0.717, 1.165) is 6.20 Å². The van der Waals surface area contributed by atoms with E-state index in [1.807, 2.05) is 0 Å². The fraction of sp³-hybridized carbons (Fsp3) is 0.421. The Morgan fingerprint density at radius 1 is 1.28 bits per heavy atom. The van der Waals surface area contributed by atoms with Crippen molar-refractivity contribution in [3.05, 3.63) is 40.0 Å². The van der Waals surface area contributed by atoms with Gasteiger partial charge in [0.1, 0.15) is 0 Å². The lowest BCUT2D eigenvalue weighted by molar-refractivity contribution is -0.153. The van der Waals surface area contributed by atoms with Crippen LogP contribution >= 0.6 is 23.2 Å². The van der Waals surface area contributed by atoms with E-state index in [-0.39, 0.29) is 30.6 Å². The average molecular weight is 494 g/mol. The zero-order valence-electron chi connectivity index (χ0n) is 16.9. The molecule has 0 aliphatic carbocycles. The Bertz CT molecular complexity index is 972. The van der Waals surface area contributed by atoms with Crippen molar-refractivity contribution in [3.63, 3.8) is 0 Å². The molecule has 0 saturated carbocycles. The number of aromatic nitrogens is 2. The molecule has 8 nitrogen and oxygen atoms in total. The van der Waals surface area contributed by atoms with Crippen molar-refractivity contribution < 1.29 is 27.8 Å². The van der Waals surface area contributed by atoms with Crippen LogP contribution in [0.3, 0.4) is 0 Å². The van der Waals surface area contributed by atoms with Gasteiger partial charge in [-0.3, -0.25) is 0 Å². The van der Waals surface area contributed by atoms with Gasteiger partial charge in [0.2, 0.25) is 5.95 Å². The molecule has 0 radical (unpaired) electrons. The van der Waals surface area contributed by atoms with Crippen LogP contribution in [0.25, 0.3) is 0 Å². The maximum Gasteiger partial charge on any atom is 0.422 e. The topological polar surface area (TPSA) is 90.8 Å². The first-order valence-corrected chi connectivity index (χ1v) is 10.3. The summed E-state index contributed by atoms with van der Waals surface area (Å²) in [6.45, 7) is 1.45. The van der Waals surface area contributed by atoms with Gasteiger partial charge in [0.15, 0.2) is 18.2 Å². The summed E-state index contributed by atoms with van der Waals surface area (Å²) in [7, 11) is 0. The monoisotopic (exact) mass is 493 g/mol. The molecule has 1 aliphatic rings. The SMILES string of the molecule is C[C@@H](Nc1nc(N2CCN(C(=O)O)CC2)ncc1OCC(F)(F)F)c1ccc(Cl)cc1Cl. The van der Waals surface area contributed by atoms with Gasteiger partial charge < -0.3 is 25.0 Å². The van der Waals surface area contributed by atoms with E-state index in [1.165, 1.54) is 4.90 Å². The number of carbonyl (C=O) groups is 1. The highest BCUT2D eigenvalue weighted by atomic mass is 35.5. The van der Waals surface area contributed by atoms with E-state index in [9.17, 15) is 18.0 Å². The first kappa shape index (κ1) is 24.0. The second-order valence-corrected chi connectivity index (χ2v) is 7.92. The van der Waals surface area contributed by atoms with Crippen molar-refractivity contribution >= 4 is 41.1 Å². The van der Waals surface area contributed by atoms with Gasteiger partial charge in [-0.1, -0.05) is 29.3 Å². The molecular formula is C19H20Cl2F3N5O3. The summed E-state index contributed by atoms with van der Waals surface area (Å²) in [5, 5.41) is 12.9. The third-order valence-electron chi connectivity index (χ3n) is 4.75. The maximum absolute atomic E-state index is 12.7. The van der Waals surface area contributed by atoms with Gasteiger partial charge in [0, 0.05) is 36.2 Å². The predicted molar refractivity (Wildman–Crippen MR) is 114 cm³/mol. The summed E-state index contributed by atoms with van der Waals surface area (Å²) in [5.41, 5.74) is 0.660. The molecule has 32 heavy (non-hydrogen) atoms. The van der Waals surface area contributed by atoms with Crippen LogP contribution in [0.4, 0.5) is 29.7 Å². The summed E-state index contributed by atoms with van der Waals surface area (Å²) in [6.07, 6.45) is -4.39. The summed E-state index contributed by atoms with van der Waals surface area (Å²) >= 11 is 12.2. The molecule has 2 heterocycles. The first-order chi connectivity index (χ1) is 15.0. The lowest BCUT2D eigenvalue weighted by Gasteiger charge is -2.33. The Labute approximate surface area is 191 Å². The number of carboxylic acid groups (broad SMARTS) is 1. The Balaban J connectivity index is 1.84. The van der Waals surface area contributed by atoms with Crippen LogP contribution in [0.5, 0.6) is 5.75 Å². The van der Waals surface area contributed by atoms with Gasteiger partial charge >= 0.3 is 12.3 Å². The smallest absolute Gasteiger partial charge is 0.422 e. The number of hydrogen-bond acceptors (Lipinski definition) is 6. The quantitative estimate of drug-likeness (QED) is 0.602. The van der Waals surface area contributed by atoms with Crippen molar-refractivity contribution in [2.45, 2.75) is 19.1 Å². The summed E-state index contributed by atoms with van der Waals surface area (Å²) < 4.78 is 43.0. The molecule has 1 saturated heterocycles. The molecule has 1 aromatic heterocycles. The van der Waals surface area contributed by atoms with Crippen molar-refractivity contribution in [1.29, 1.82) is 0 Å². The molecule has 0 spiro atoms. The van der Waals surface area contributed by atoms with E-state index in [1.54, 1.807) is 30.0 Å². The summed E-state index contributed by atoms with van der Waals surface area (Å²) in [4.78, 5) is 22.6. The Kier molecular flexibility index (Phi) is 7.40. The van der Waals surface area contributed by atoms with Crippen molar-refractivity contribution in [2.24, 2.45) is 0 Å². The normalized spacial score (nSPS) is 15.4. The van der Waals surface area contributed by atoms with E-state index in [0.29, 0.717) is 28.7 Å². The number of benzene rings is 1. The Morgan fingerprint density at radius 3 is 2.56 bits per heavy atom. The number of alkyl halides is 3. The highest BCUT2D eigenvalue weighted by molar-refractivity contribution is 6.35. The van der Waals surface area contributed by atoms with Gasteiger partial charge in [-0.25, -0.2) is 9.78 Å². The van der Waals surface area contributed by atoms with Crippen LogP contribution in [0.1, 0.15) is 18.5 Å². The second kappa shape index (κ2) is 9.86. The van der Waals surface area contributed by atoms with E-state index in [4.69, 9.17) is 33.0 Å². The van der Waals surface area contributed by atoms with Gasteiger partial charge in [-0.2, -0.15) is 18.2 Å². The fourth-order valence-electron chi connectivity index (χ4n) is 3.12. The molecule has 1 atom stereocenters. The number of rotatable bonds is 6. The molecule has 1 aliphatic heterocycles. The number of halogens is 5. The molecule has 1 fully saturated rings. The molecule has 2 aromatic rings. The minimum absolute atomic E-state index is 0.0541. The molecule has 174 valence electrons. The lowest BCUT2D eigenvalue weighted by atomic mass is 10.1. The summed E-state index contributed by atoms with van der Waals surface area (Å²) in [6, 6.07) is 4.46. The van der Waals surface area contributed by atoms with Gasteiger partial charge in [0.05, 0.1) is 12.2 Å². The number of amides is 1. The number of nitrogens with zero attached hydrogens (tertiary/aromatic N) is 4. The van der Waals surface area contributed by atoms with E-state index in [2.05, 4.69) is 15.3 Å². The largest absolute Gasteiger partial charge is 0.479 e. The van der Waals surface area contributed by atoms with Crippen LogP contribution < -0.4 is 15.0 Å². The molecular weight excluding hydrogens is 474 g/mol. The van der Waals surface area contributed by atoms with Crippen molar-refractivity contribution in [1.82, 2.24) is 14.9 Å². The molecule has 1 amide bonds. The number of ether oxygens (including phenoxy) is 1. The number of hydrogen-bond donors (Lipinski definition) is 2. The van der Waals surface area contributed by atoms with Crippen LogP contribution in [-0.2, 0) is 0 Å². The van der Waals surface area contributed by atoms with Crippen molar-refractivity contribution in [3.8, 4) is 5.75 Å². The molecule has 1 aromatic carbocycles. The Hall–Kier alpha value is -2.66. The van der Waals surface area contributed by atoms with Crippen LogP contribution in [0, 0.1) is 0 Å². The van der Waals surface area contributed by atoms with E-state index >= 15 is 0 Å². The molecule has 13 heteroatoms. The zero-order chi connectivity index (χ0) is 23.5. The van der Waals surface area contributed by atoms with Gasteiger partial charge in [-0.05, 0) is 24.6 Å². The van der Waals surface area contributed by atoms with Crippen LogP contribution in [0.15, 0.2) is 24.4 Å². The number of piperazine rings is 1. The summed E-state index contributed by atoms with van der Waals surface area (Å²) in [5.74, 6) is 0.122. The fourth-order valence-corrected chi connectivity index (χ4v) is 3.69. The molecule has 3 rings (SSSR count). The molecule has 0 unspecified atom stereocenters. The zero-order valence-corrected chi connectivity index (χ0v) is 18.4. The number of anilines is 2. The predicted octanol–water partition coefficient (Wildman–Crippen LogP) is 4.70. The third kappa shape index (κ3) is 6.19. The molecule has 2 N–H and O–H groups in total. The minimum Gasteiger partial charge on any atom is -0.479 e. The van der Waals surface area contributed by atoms with Crippen LogP contribution in [-0.4, -0.2) is 65.0 Å². The lowest BCUT2D eigenvalue weighted by Crippen LogP contribution is -2.48. The highest BCUT2D eigenvalue weighted by Crippen LogP contribution is 2.32. The minimum atomic E-state index is -4.53. The van der Waals surface area contributed by atoms with Crippen LogP contribution in [0.2, 0.25) is 10.0 Å². The first-order valence-electron chi connectivity index (χ1n) is 9.54. The Morgan fingerprint density at radius 2 is 1.97 bits per heavy atom. The average Bonchev–Trinajstić information content (AvgIpc) is 2.72. The van der Waals surface area contributed by atoms with Gasteiger partial charge in [-0.15, -0.1) is 0 Å². The standard InChI is InChI=1S/C19H20Cl2F3N5O3/c1-11(13-3-2-12(20)8-14(13)21)26-16-15(32-10-19(22,23)24)9-25-17(27-16)28-4-6-29(7-5-28)18(30)31/h2-3,8-9,11H,4-7,10H2,1H3,(H,30,31)(H,25,26,27)/t11-/m1/s1. The second-order valence-electron chi connectivity index (χ2n) is 7.08. The van der Waals surface area contributed by atoms with Crippen molar-refractivity contribution in [2.75, 3.05) is 43.0 Å². The van der Waals surface area contributed by atoms with Gasteiger partial charge in [0.25, 0.3) is 0 Å². The van der Waals surface area contributed by atoms with E-state index < -0.39 is 24.9 Å².